The molecule has 2 N–H and O–H groups in total. The van der Waals surface area contributed by atoms with Gasteiger partial charge in [0.15, 0.2) is 0 Å². The summed E-state index contributed by atoms with van der Waals surface area (Å²) in [5.74, 6) is -0.966. The number of halogens is 1. The highest BCUT2D eigenvalue weighted by Crippen LogP contribution is 2.14. The van der Waals surface area contributed by atoms with Gasteiger partial charge < -0.3 is 0 Å². The highest BCUT2D eigenvalue weighted by Gasteiger charge is 2.12. The number of hydrazine groups is 1. The standard InChI is InChI=1S/C16H12BrN5O2/c17-12-4-6-13(7-5-12)22-10-11(9-19-22)15(23)20-21-16(24)14-3-1-2-8-18-14/h1-10H,(H,20,23)(H,21,24). The SMILES string of the molecule is O=C(NNC(=O)c1ccccn1)c1cnn(-c2ccc(Br)cc2)c1. The number of nitrogens with zero attached hydrogens (tertiary/aromatic N) is 3. The molecule has 0 atom stereocenters. The van der Waals surface area contributed by atoms with Gasteiger partial charge in [-0.05, 0) is 36.4 Å². The van der Waals surface area contributed by atoms with Crippen LogP contribution in [0.15, 0.2) is 65.5 Å². The van der Waals surface area contributed by atoms with Gasteiger partial charge in [0.25, 0.3) is 11.8 Å². The predicted molar refractivity (Wildman–Crippen MR) is 90.4 cm³/mol. The van der Waals surface area contributed by atoms with Gasteiger partial charge in [-0.1, -0.05) is 22.0 Å². The first kappa shape index (κ1) is 15.9. The summed E-state index contributed by atoms with van der Waals surface area (Å²) in [5.41, 5.74) is 5.99. The lowest BCUT2D eigenvalue weighted by Gasteiger charge is -2.05. The van der Waals surface area contributed by atoms with E-state index in [1.165, 1.54) is 12.4 Å². The molecule has 0 aliphatic heterocycles. The Labute approximate surface area is 145 Å². The van der Waals surface area contributed by atoms with Gasteiger partial charge in [0.1, 0.15) is 5.69 Å². The molecule has 0 spiro atoms. The second-order valence-electron chi connectivity index (χ2n) is 4.77. The van der Waals surface area contributed by atoms with E-state index in [-0.39, 0.29) is 5.69 Å². The molecule has 24 heavy (non-hydrogen) atoms. The van der Waals surface area contributed by atoms with Crippen LogP contribution in [-0.4, -0.2) is 26.6 Å². The minimum absolute atomic E-state index is 0.211. The Bertz CT molecular complexity index is 862. The number of benzene rings is 1. The van der Waals surface area contributed by atoms with Gasteiger partial charge in [-0.25, -0.2) is 4.68 Å². The summed E-state index contributed by atoms with van der Waals surface area (Å²) in [7, 11) is 0. The van der Waals surface area contributed by atoms with Crippen molar-refractivity contribution in [3.05, 3.63) is 76.8 Å². The van der Waals surface area contributed by atoms with Gasteiger partial charge in [0.2, 0.25) is 0 Å². The zero-order valence-corrected chi connectivity index (χ0v) is 13.9. The highest BCUT2D eigenvalue weighted by atomic mass is 79.9. The van der Waals surface area contributed by atoms with Crippen molar-refractivity contribution in [1.29, 1.82) is 0 Å². The van der Waals surface area contributed by atoms with Crippen molar-refractivity contribution in [3.8, 4) is 5.69 Å². The average Bonchev–Trinajstić information content (AvgIpc) is 3.11. The zero-order valence-electron chi connectivity index (χ0n) is 12.3. The number of nitrogens with one attached hydrogen (secondary N) is 2. The summed E-state index contributed by atoms with van der Waals surface area (Å²) >= 11 is 3.36. The van der Waals surface area contributed by atoms with E-state index in [1.807, 2.05) is 24.3 Å². The van der Waals surface area contributed by atoms with Gasteiger partial charge in [-0.3, -0.25) is 25.4 Å². The maximum Gasteiger partial charge on any atom is 0.288 e. The molecule has 2 heterocycles. The predicted octanol–water partition coefficient (Wildman–Crippen LogP) is 2.10. The van der Waals surface area contributed by atoms with Crippen molar-refractivity contribution in [2.24, 2.45) is 0 Å². The van der Waals surface area contributed by atoms with Crippen LogP contribution >= 0.6 is 15.9 Å². The molecule has 8 heteroatoms. The van der Waals surface area contributed by atoms with E-state index in [2.05, 4.69) is 36.9 Å². The summed E-state index contributed by atoms with van der Waals surface area (Å²) in [6, 6.07) is 12.4. The van der Waals surface area contributed by atoms with E-state index in [4.69, 9.17) is 0 Å². The highest BCUT2D eigenvalue weighted by molar-refractivity contribution is 9.10. The molecule has 0 fully saturated rings. The van der Waals surface area contributed by atoms with Gasteiger partial charge in [0, 0.05) is 16.9 Å². The molecule has 0 aliphatic carbocycles. The van der Waals surface area contributed by atoms with Crippen molar-refractivity contribution in [1.82, 2.24) is 25.6 Å². The number of rotatable bonds is 3. The third-order valence-corrected chi connectivity index (χ3v) is 3.65. The lowest BCUT2D eigenvalue weighted by molar-refractivity contribution is 0.0844. The third kappa shape index (κ3) is 3.66. The summed E-state index contributed by atoms with van der Waals surface area (Å²) in [6.07, 6.45) is 4.49. The van der Waals surface area contributed by atoms with Crippen LogP contribution in [-0.2, 0) is 0 Å². The molecule has 1 aromatic carbocycles. The van der Waals surface area contributed by atoms with Crippen molar-refractivity contribution in [3.63, 3.8) is 0 Å². The lowest BCUT2D eigenvalue weighted by atomic mass is 10.3. The summed E-state index contributed by atoms with van der Waals surface area (Å²) in [4.78, 5) is 27.8. The van der Waals surface area contributed by atoms with Crippen LogP contribution in [0.4, 0.5) is 0 Å². The second-order valence-corrected chi connectivity index (χ2v) is 5.69. The Morgan fingerprint density at radius 2 is 1.75 bits per heavy atom. The molecule has 0 radical (unpaired) electrons. The molecule has 0 unspecified atom stereocenters. The summed E-state index contributed by atoms with van der Waals surface area (Å²) in [5, 5.41) is 4.14. The van der Waals surface area contributed by atoms with E-state index >= 15 is 0 Å². The molecule has 2 aromatic heterocycles. The van der Waals surface area contributed by atoms with Crippen molar-refractivity contribution in [2.75, 3.05) is 0 Å². The molecule has 0 aliphatic rings. The number of amides is 2. The maximum absolute atomic E-state index is 12.1. The number of aromatic nitrogens is 3. The normalized spacial score (nSPS) is 10.2. The fourth-order valence-electron chi connectivity index (χ4n) is 1.92. The monoisotopic (exact) mass is 385 g/mol. The fourth-order valence-corrected chi connectivity index (χ4v) is 2.19. The zero-order chi connectivity index (χ0) is 16.9. The molecular formula is C16H12BrN5O2. The minimum Gasteiger partial charge on any atom is -0.267 e. The smallest absolute Gasteiger partial charge is 0.267 e. The third-order valence-electron chi connectivity index (χ3n) is 3.12. The quantitative estimate of drug-likeness (QED) is 0.675. The van der Waals surface area contributed by atoms with E-state index in [9.17, 15) is 9.59 Å². The number of pyridine rings is 1. The van der Waals surface area contributed by atoms with Gasteiger partial charge in [-0.15, -0.1) is 0 Å². The Balaban J connectivity index is 1.64. The number of carbonyl (C=O) groups excluding carboxylic acids is 2. The molecule has 2 amide bonds. The first-order chi connectivity index (χ1) is 11.6. The van der Waals surface area contributed by atoms with Gasteiger partial charge >= 0.3 is 0 Å². The summed E-state index contributed by atoms with van der Waals surface area (Å²) in [6.45, 7) is 0. The Kier molecular flexibility index (Phi) is 4.66. The summed E-state index contributed by atoms with van der Waals surface area (Å²) < 4.78 is 2.52. The Hall–Kier alpha value is -3.00. The van der Waals surface area contributed by atoms with Crippen LogP contribution < -0.4 is 10.9 Å². The van der Waals surface area contributed by atoms with E-state index < -0.39 is 11.8 Å². The van der Waals surface area contributed by atoms with E-state index in [1.54, 1.807) is 29.1 Å². The average molecular weight is 386 g/mol. The van der Waals surface area contributed by atoms with Crippen molar-refractivity contribution >= 4 is 27.7 Å². The Morgan fingerprint density at radius 3 is 2.46 bits per heavy atom. The number of carbonyl (C=O) groups is 2. The number of hydrogen-bond donors (Lipinski definition) is 2. The van der Waals surface area contributed by atoms with Gasteiger partial charge in [-0.2, -0.15) is 5.10 Å². The first-order valence-electron chi connectivity index (χ1n) is 6.96. The largest absolute Gasteiger partial charge is 0.288 e. The topological polar surface area (TPSA) is 88.9 Å². The van der Waals surface area contributed by atoms with Crippen LogP contribution in [0.2, 0.25) is 0 Å². The van der Waals surface area contributed by atoms with E-state index in [0.29, 0.717) is 5.56 Å². The van der Waals surface area contributed by atoms with Crippen LogP contribution in [0.1, 0.15) is 20.8 Å². The minimum atomic E-state index is -0.496. The second kappa shape index (κ2) is 7.05. The lowest BCUT2D eigenvalue weighted by Crippen LogP contribution is -2.41. The van der Waals surface area contributed by atoms with Crippen LogP contribution in [0.5, 0.6) is 0 Å². The van der Waals surface area contributed by atoms with Crippen LogP contribution in [0.25, 0.3) is 5.69 Å². The molecule has 0 saturated carbocycles. The van der Waals surface area contributed by atoms with E-state index in [0.717, 1.165) is 10.2 Å². The molecule has 3 rings (SSSR count). The van der Waals surface area contributed by atoms with Gasteiger partial charge in [0.05, 0.1) is 17.4 Å². The molecule has 3 aromatic rings. The first-order valence-corrected chi connectivity index (χ1v) is 7.75. The van der Waals surface area contributed by atoms with Crippen molar-refractivity contribution < 1.29 is 9.59 Å². The molecular weight excluding hydrogens is 374 g/mol. The molecule has 120 valence electrons. The number of hydrogen-bond acceptors (Lipinski definition) is 4. The molecule has 7 nitrogen and oxygen atoms in total. The van der Waals surface area contributed by atoms with Crippen molar-refractivity contribution in [2.45, 2.75) is 0 Å². The molecule has 0 bridgehead atoms. The maximum atomic E-state index is 12.1. The fraction of sp³-hybridized carbons (Fsp3) is 0. The van der Waals surface area contributed by atoms with Crippen LogP contribution in [0, 0.1) is 0 Å². The van der Waals surface area contributed by atoms with Crippen LogP contribution in [0.3, 0.4) is 0 Å². The molecule has 0 saturated heterocycles. The Morgan fingerprint density at radius 1 is 1.00 bits per heavy atom.